The van der Waals surface area contributed by atoms with Crippen LogP contribution in [0.25, 0.3) is 0 Å². The second kappa shape index (κ2) is 6.40. The molecule has 1 atom stereocenters. The first kappa shape index (κ1) is 14.5. The molecule has 1 aromatic carbocycles. The van der Waals surface area contributed by atoms with Gasteiger partial charge in [0.2, 0.25) is 11.8 Å². The number of hydrogen-bond acceptors (Lipinski definition) is 2. The monoisotopic (exact) mass is 268 g/mol. The van der Waals surface area contributed by atoms with E-state index in [1.165, 1.54) is 0 Å². The second-order valence-corrected chi connectivity index (χ2v) is 4.80. The van der Waals surface area contributed by atoms with Crippen LogP contribution < -0.4 is 10.6 Å². The molecule has 0 radical (unpaired) electrons. The minimum atomic E-state index is -0.641. The third kappa shape index (κ3) is 4.04. The number of aryl methyl sites for hydroxylation is 2. The van der Waals surface area contributed by atoms with Crippen molar-refractivity contribution in [3.05, 3.63) is 29.3 Å². The minimum Gasteiger partial charge on any atom is -0.346 e. The molecule has 0 spiro atoms. The Kier molecular flexibility index (Phi) is 5.16. The minimum absolute atomic E-state index is 0.0797. The lowest BCUT2D eigenvalue weighted by atomic mass is 10.1. The zero-order valence-electron chi connectivity index (χ0n) is 10.7. The van der Waals surface area contributed by atoms with Crippen molar-refractivity contribution in [3.63, 3.8) is 0 Å². The van der Waals surface area contributed by atoms with Gasteiger partial charge in [0.05, 0.1) is 6.54 Å². The summed E-state index contributed by atoms with van der Waals surface area (Å²) in [6.07, 6.45) is 0. The molecular weight excluding hydrogens is 252 g/mol. The van der Waals surface area contributed by atoms with Crippen LogP contribution >= 0.6 is 11.6 Å². The van der Waals surface area contributed by atoms with E-state index in [4.69, 9.17) is 11.6 Å². The van der Waals surface area contributed by atoms with E-state index in [1.807, 2.05) is 32.0 Å². The van der Waals surface area contributed by atoms with E-state index in [-0.39, 0.29) is 18.4 Å². The highest BCUT2D eigenvalue weighted by Gasteiger charge is 2.11. The van der Waals surface area contributed by atoms with Crippen molar-refractivity contribution >= 4 is 29.1 Å². The number of nitrogens with one attached hydrogen (secondary N) is 2. The standard InChI is InChI=1S/C13H17ClN2O2/c1-8-5-4-6-9(2)12(8)16-11(17)7-15-13(18)10(3)14/h4-6,10H,7H2,1-3H3,(H,15,18)(H,16,17)/t10-/m1/s1. The maximum Gasteiger partial charge on any atom is 0.243 e. The molecule has 0 aliphatic carbocycles. The lowest BCUT2D eigenvalue weighted by molar-refractivity contribution is -0.123. The van der Waals surface area contributed by atoms with Crippen molar-refractivity contribution in [2.24, 2.45) is 0 Å². The van der Waals surface area contributed by atoms with Crippen molar-refractivity contribution in [2.45, 2.75) is 26.1 Å². The third-order valence-corrected chi connectivity index (χ3v) is 2.73. The summed E-state index contributed by atoms with van der Waals surface area (Å²) in [6, 6.07) is 5.77. The molecule has 0 unspecified atom stereocenters. The number of hydrogen-bond donors (Lipinski definition) is 2. The summed E-state index contributed by atoms with van der Waals surface area (Å²) in [5.74, 6) is -0.619. The van der Waals surface area contributed by atoms with Gasteiger partial charge in [-0.3, -0.25) is 9.59 Å². The predicted octanol–water partition coefficient (Wildman–Crippen LogP) is 1.99. The van der Waals surface area contributed by atoms with E-state index in [2.05, 4.69) is 10.6 Å². The van der Waals surface area contributed by atoms with Crippen LogP contribution in [0.15, 0.2) is 18.2 Å². The number of rotatable bonds is 4. The fourth-order valence-electron chi connectivity index (χ4n) is 1.50. The Morgan fingerprint density at radius 1 is 1.28 bits per heavy atom. The molecule has 2 N–H and O–H groups in total. The largest absolute Gasteiger partial charge is 0.346 e. The number of halogens is 1. The average Bonchev–Trinajstić information content (AvgIpc) is 2.30. The number of amides is 2. The normalized spacial score (nSPS) is 11.8. The highest BCUT2D eigenvalue weighted by atomic mass is 35.5. The van der Waals surface area contributed by atoms with Crippen molar-refractivity contribution < 1.29 is 9.59 Å². The Balaban J connectivity index is 2.58. The van der Waals surface area contributed by atoms with Gasteiger partial charge in [0, 0.05) is 5.69 Å². The fraction of sp³-hybridized carbons (Fsp3) is 0.385. The summed E-state index contributed by atoms with van der Waals surface area (Å²) in [6.45, 7) is 5.31. The van der Waals surface area contributed by atoms with E-state index in [0.29, 0.717) is 0 Å². The topological polar surface area (TPSA) is 58.2 Å². The van der Waals surface area contributed by atoms with Crippen LogP contribution in [0.5, 0.6) is 0 Å². The summed E-state index contributed by atoms with van der Waals surface area (Å²) in [7, 11) is 0. The van der Waals surface area contributed by atoms with Gasteiger partial charge < -0.3 is 10.6 Å². The third-order valence-electron chi connectivity index (χ3n) is 2.53. The van der Waals surface area contributed by atoms with Crippen molar-refractivity contribution in [1.29, 1.82) is 0 Å². The van der Waals surface area contributed by atoms with Gasteiger partial charge in [-0.25, -0.2) is 0 Å². The Morgan fingerprint density at radius 2 is 1.83 bits per heavy atom. The first-order valence-corrected chi connectivity index (χ1v) is 6.13. The molecule has 18 heavy (non-hydrogen) atoms. The van der Waals surface area contributed by atoms with E-state index in [0.717, 1.165) is 16.8 Å². The maximum absolute atomic E-state index is 11.7. The fourth-order valence-corrected chi connectivity index (χ4v) is 1.58. The van der Waals surface area contributed by atoms with E-state index in [1.54, 1.807) is 6.92 Å². The molecule has 4 nitrogen and oxygen atoms in total. The quantitative estimate of drug-likeness (QED) is 0.821. The van der Waals surface area contributed by atoms with E-state index < -0.39 is 5.38 Å². The molecule has 0 fully saturated rings. The molecule has 0 saturated heterocycles. The van der Waals surface area contributed by atoms with Crippen LogP contribution in [0.3, 0.4) is 0 Å². The molecule has 0 aliphatic rings. The van der Waals surface area contributed by atoms with Crippen LogP contribution in [-0.4, -0.2) is 23.7 Å². The number of para-hydroxylation sites is 1. The van der Waals surface area contributed by atoms with Crippen LogP contribution in [0.4, 0.5) is 5.69 Å². The average molecular weight is 269 g/mol. The molecule has 1 rings (SSSR count). The molecule has 1 aromatic rings. The zero-order chi connectivity index (χ0) is 13.7. The second-order valence-electron chi connectivity index (χ2n) is 4.15. The number of benzene rings is 1. The van der Waals surface area contributed by atoms with Crippen LogP contribution in [0.1, 0.15) is 18.1 Å². The Hall–Kier alpha value is -1.55. The summed E-state index contributed by atoms with van der Waals surface area (Å²) in [5, 5.41) is 4.59. The first-order chi connectivity index (χ1) is 8.41. The zero-order valence-corrected chi connectivity index (χ0v) is 11.5. The Labute approximate surface area is 112 Å². The highest BCUT2D eigenvalue weighted by molar-refractivity contribution is 6.30. The van der Waals surface area contributed by atoms with Crippen molar-refractivity contribution in [3.8, 4) is 0 Å². The molecule has 0 aromatic heterocycles. The Bertz CT molecular complexity index is 438. The number of carbonyl (C=O) groups is 2. The predicted molar refractivity (Wildman–Crippen MR) is 72.9 cm³/mol. The highest BCUT2D eigenvalue weighted by Crippen LogP contribution is 2.18. The van der Waals surface area contributed by atoms with Gasteiger partial charge in [-0.1, -0.05) is 18.2 Å². The lowest BCUT2D eigenvalue weighted by Gasteiger charge is -2.12. The van der Waals surface area contributed by atoms with Crippen LogP contribution in [-0.2, 0) is 9.59 Å². The molecule has 0 bridgehead atoms. The van der Waals surface area contributed by atoms with Gasteiger partial charge in [0.15, 0.2) is 0 Å². The summed E-state index contributed by atoms with van der Waals surface area (Å²) in [5.41, 5.74) is 2.76. The first-order valence-electron chi connectivity index (χ1n) is 5.69. The molecule has 0 heterocycles. The van der Waals surface area contributed by atoms with Crippen LogP contribution in [0, 0.1) is 13.8 Å². The molecule has 98 valence electrons. The van der Waals surface area contributed by atoms with Gasteiger partial charge in [-0.2, -0.15) is 0 Å². The van der Waals surface area contributed by atoms with Gasteiger partial charge in [0.1, 0.15) is 5.38 Å². The SMILES string of the molecule is Cc1cccc(C)c1NC(=O)CNC(=O)[C@@H](C)Cl. The number of carbonyl (C=O) groups excluding carboxylic acids is 2. The summed E-state index contributed by atoms with van der Waals surface area (Å²) in [4.78, 5) is 22.9. The maximum atomic E-state index is 11.7. The summed E-state index contributed by atoms with van der Waals surface area (Å²) < 4.78 is 0. The molecule has 0 aliphatic heterocycles. The summed E-state index contributed by atoms with van der Waals surface area (Å²) >= 11 is 5.58. The lowest BCUT2D eigenvalue weighted by Crippen LogP contribution is -2.36. The van der Waals surface area contributed by atoms with Gasteiger partial charge >= 0.3 is 0 Å². The smallest absolute Gasteiger partial charge is 0.243 e. The van der Waals surface area contributed by atoms with Crippen molar-refractivity contribution in [2.75, 3.05) is 11.9 Å². The van der Waals surface area contributed by atoms with E-state index >= 15 is 0 Å². The van der Waals surface area contributed by atoms with Gasteiger partial charge in [-0.15, -0.1) is 11.6 Å². The molecule has 0 saturated carbocycles. The number of anilines is 1. The van der Waals surface area contributed by atoms with Crippen molar-refractivity contribution in [1.82, 2.24) is 5.32 Å². The molecular formula is C13H17ClN2O2. The number of alkyl halides is 1. The van der Waals surface area contributed by atoms with E-state index in [9.17, 15) is 9.59 Å². The molecule has 2 amide bonds. The van der Waals surface area contributed by atoms with Gasteiger partial charge in [-0.05, 0) is 31.9 Å². The van der Waals surface area contributed by atoms with Crippen LogP contribution in [0.2, 0.25) is 0 Å². The van der Waals surface area contributed by atoms with Gasteiger partial charge in [0.25, 0.3) is 0 Å². The molecule has 5 heteroatoms. The Morgan fingerprint density at radius 3 is 2.33 bits per heavy atom.